The number of carbonyl (C=O) groups is 2. The van der Waals surface area contributed by atoms with Gasteiger partial charge in [0, 0.05) is 18.1 Å². The Bertz CT molecular complexity index is 1430. The summed E-state index contributed by atoms with van der Waals surface area (Å²) in [6.45, 7) is 5.44. The number of hydrogen-bond donors (Lipinski definition) is 1. The van der Waals surface area contributed by atoms with E-state index in [9.17, 15) is 18.0 Å². The molecule has 1 atom stereocenters. The van der Waals surface area contributed by atoms with Crippen LogP contribution in [0.4, 0.5) is 5.69 Å². The minimum atomic E-state index is -4.25. The number of carbonyl (C=O) groups excluding carboxylic acids is 2. The first-order chi connectivity index (χ1) is 19.5. The Morgan fingerprint density at radius 1 is 0.927 bits per heavy atom. The van der Waals surface area contributed by atoms with E-state index in [4.69, 9.17) is 21.1 Å². The number of nitrogens with one attached hydrogen (secondary N) is 1. The molecule has 0 aliphatic heterocycles. The van der Waals surface area contributed by atoms with Gasteiger partial charge in [-0.1, -0.05) is 55.8 Å². The quantitative estimate of drug-likeness (QED) is 0.303. The van der Waals surface area contributed by atoms with Gasteiger partial charge in [0.05, 0.1) is 24.8 Å². The average molecular weight is 602 g/mol. The molecule has 0 fully saturated rings. The highest BCUT2D eigenvalue weighted by Crippen LogP contribution is 2.35. The van der Waals surface area contributed by atoms with Crippen LogP contribution in [-0.4, -0.2) is 58.5 Å². The Morgan fingerprint density at radius 3 is 2.17 bits per heavy atom. The van der Waals surface area contributed by atoms with Gasteiger partial charge in [0.15, 0.2) is 0 Å². The number of halogens is 1. The van der Waals surface area contributed by atoms with E-state index in [0.29, 0.717) is 12.3 Å². The number of ether oxygens (including phenoxy) is 2. The van der Waals surface area contributed by atoms with Crippen molar-refractivity contribution < 1.29 is 27.5 Å². The first-order valence-electron chi connectivity index (χ1n) is 13.1. The zero-order valence-electron chi connectivity index (χ0n) is 23.8. The first-order valence-corrected chi connectivity index (χ1v) is 14.9. The number of anilines is 1. The van der Waals surface area contributed by atoms with Crippen LogP contribution in [0.5, 0.6) is 11.5 Å². The smallest absolute Gasteiger partial charge is 0.264 e. The van der Waals surface area contributed by atoms with Crippen molar-refractivity contribution in [3.8, 4) is 11.5 Å². The number of rotatable bonds is 13. The highest BCUT2D eigenvalue weighted by molar-refractivity contribution is 7.92. The summed E-state index contributed by atoms with van der Waals surface area (Å²) in [5.74, 6) is 0.125. The molecule has 0 saturated carbocycles. The van der Waals surface area contributed by atoms with Crippen molar-refractivity contribution in [3.05, 3.63) is 83.4 Å². The summed E-state index contributed by atoms with van der Waals surface area (Å²) >= 11 is 6.26. The molecule has 3 rings (SSSR count). The second-order valence-electron chi connectivity index (χ2n) is 9.83. The van der Waals surface area contributed by atoms with Crippen LogP contribution in [0.25, 0.3) is 0 Å². The summed E-state index contributed by atoms with van der Waals surface area (Å²) in [6.07, 6.45) is 0. The lowest BCUT2D eigenvalue weighted by Gasteiger charge is -2.32. The summed E-state index contributed by atoms with van der Waals surface area (Å²) in [4.78, 5) is 28.5. The largest absolute Gasteiger partial charge is 0.497 e. The molecule has 3 aromatic carbocycles. The number of hydrogen-bond acceptors (Lipinski definition) is 6. The van der Waals surface area contributed by atoms with Crippen molar-refractivity contribution in [2.45, 2.75) is 38.3 Å². The molecule has 0 heterocycles. The van der Waals surface area contributed by atoms with Gasteiger partial charge < -0.3 is 19.7 Å². The molecule has 0 aromatic heterocycles. The van der Waals surface area contributed by atoms with Crippen LogP contribution < -0.4 is 19.1 Å². The third-order valence-corrected chi connectivity index (χ3v) is 8.39. The van der Waals surface area contributed by atoms with Gasteiger partial charge in [0.2, 0.25) is 11.8 Å². The zero-order valence-corrected chi connectivity index (χ0v) is 25.4. The van der Waals surface area contributed by atoms with Crippen molar-refractivity contribution in [3.63, 3.8) is 0 Å². The van der Waals surface area contributed by atoms with Crippen LogP contribution in [0.15, 0.2) is 77.7 Å². The van der Waals surface area contributed by atoms with E-state index < -0.39 is 28.5 Å². The van der Waals surface area contributed by atoms with Gasteiger partial charge in [-0.3, -0.25) is 13.9 Å². The van der Waals surface area contributed by atoms with E-state index in [1.165, 1.54) is 36.3 Å². The van der Waals surface area contributed by atoms with Crippen LogP contribution in [0.2, 0.25) is 5.02 Å². The molecule has 41 heavy (non-hydrogen) atoms. The Morgan fingerprint density at radius 2 is 1.59 bits per heavy atom. The van der Waals surface area contributed by atoms with Gasteiger partial charge in [0.25, 0.3) is 10.0 Å². The predicted molar refractivity (Wildman–Crippen MR) is 160 cm³/mol. The number of sulfonamides is 1. The van der Waals surface area contributed by atoms with E-state index in [2.05, 4.69) is 5.32 Å². The molecular weight excluding hydrogens is 566 g/mol. The van der Waals surface area contributed by atoms with Crippen molar-refractivity contribution in [1.82, 2.24) is 10.2 Å². The summed E-state index contributed by atoms with van der Waals surface area (Å²) in [5, 5.41) is 3.13. The van der Waals surface area contributed by atoms with E-state index in [1.54, 1.807) is 62.6 Å². The molecular formula is C30H36ClN3O6S. The highest BCUT2D eigenvalue weighted by Gasteiger charge is 2.34. The van der Waals surface area contributed by atoms with Gasteiger partial charge in [-0.15, -0.1) is 0 Å². The number of nitrogens with zero attached hydrogens (tertiary/aromatic N) is 2. The second-order valence-corrected chi connectivity index (χ2v) is 12.1. The highest BCUT2D eigenvalue weighted by atomic mass is 35.5. The molecule has 1 N–H and O–H groups in total. The molecule has 220 valence electrons. The summed E-state index contributed by atoms with van der Waals surface area (Å²) in [7, 11) is -1.30. The molecule has 0 aliphatic rings. The third-order valence-electron chi connectivity index (χ3n) is 6.38. The van der Waals surface area contributed by atoms with Crippen molar-refractivity contribution >= 4 is 39.1 Å². The van der Waals surface area contributed by atoms with Crippen LogP contribution in [0, 0.1) is 5.92 Å². The summed E-state index contributed by atoms with van der Waals surface area (Å²) in [6, 6.07) is 18.5. The normalized spacial score (nSPS) is 12.0. The molecule has 0 saturated heterocycles. The molecule has 11 heteroatoms. The predicted octanol–water partition coefficient (Wildman–Crippen LogP) is 4.74. The third kappa shape index (κ3) is 8.14. The Balaban J connectivity index is 2.06. The van der Waals surface area contributed by atoms with Gasteiger partial charge in [0.1, 0.15) is 24.1 Å². The van der Waals surface area contributed by atoms with Crippen LogP contribution >= 0.6 is 11.6 Å². The molecule has 9 nitrogen and oxygen atoms in total. The Kier molecular flexibility index (Phi) is 11.0. The fraction of sp³-hybridized carbons (Fsp3) is 0.333. The van der Waals surface area contributed by atoms with Crippen molar-refractivity contribution in [2.24, 2.45) is 5.92 Å². The van der Waals surface area contributed by atoms with Crippen molar-refractivity contribution in [1.29, 1.82) is 0 Å². The average Bonchev–Trinajstić information content (AvgIpc) is 2.97. The van der Waals surface area contributed by atoms with E-state index in [-0.39, 0.29) is 39.7 Å². The summed E-state index contributed by atoms with van der Waals surface area (Å²) in [5.41, 5.74) is 0.832. The van der Waals surface area contributed by atoms with Gasteiger partial charge in [-0.05, 0) is 60.9 Å². The Labute approximate surface area is 247 Å². The van der Waals surface area contributed by atoms with E-state index in [0.717, 1.165) is 9.87 Å². The molecule has 0 bridgehead atoms. The van der Waals surface area contributed by atoms with Crippen LogP contribution in [0.3, 0.4) is 0 Å². The van der Waals surface area contributed by atoms with Crippen LogP contribution in [0.1, 0.15) is 26.3 Å². The molecule has 0 unspecified atom stereocenters. The van der Waals surface area contributed by atoms with Gasteiger partial charge in [-0.2, -0.15) is 0 Å². The van der Waals surface area contributed by atoms with E-state index >= 15 is 0 Å². The minimum absolute atomic E-state index is 0.0146. The van der Waals surface area contributed by atoms with Gasteiger partial charge in [-0.25, -0.2) is 8.42 Å². The standard InChI is InChI=1S/C30H36ClN3O6S/c1-21(2)18-32-30(36)22(3)33(19-23-11-14-25(39-4)15-12-23)29(35)20-34(27-17-24(31)13-16-28(27)40-5)41(37,38)26-9-7-6-8-10-26/h6-17,21-22H,18-20H2,1-5H3,(H,32,36)/t22-/m1/s1. The Hall–Kier alpha value is -3.76. The lowest BCUT2D eigenvalue weighted by atomic mass is 10.1. The fourth-order valence-corrected chi connectivity index (χ4v) is 5.66. The summed E-state index contributed by atoms with van der Waals surface area (Å²) < 4.78 is 39.5. The molecule has 0 aliphatic carbocycles. The van der Waals surface area contributed by atoms with Crippen LogP contribution in [-0.2, 0) is 26.2 Å². The maximum Gasteiger partial charge on any atom is 0.264 e. The minimum Gasteiger partial charge on any atom is -0.497 e. The van der Waals surface area contributed by atoms with Gasteiger partial charge >= 0.3 is 0 Å². The molecule has 2 amide bonds. The fourth-order valence-electron chi connectivity index (χ4n) is 4.05. The second kappa shape index (κ2) is 14.2. The van der Waals surface area contributed by atoms with Crippen molar-refractivity contribution in [2.75, 3.05) is 31.6 Å². The lowest BCUT2D eigenvalue weighted by Crippen LogP contribution is -2.51. The first kappa shape index (κ1) is 31.8. The number of methoxy groups -OCH3 is 2. The zero-order chi connectivity index (χ0) is 30.2. The maximum absolute atomic E-state index is 14.0. The molecule has 0 radical (unpaired) electrons. The maximum atomic E-state index is 14.0. The SMILES string of the molecule is COc1ccc(CN(C(=O)CN(c2cc(Cl)ccc2OC)S(=O)(=O)c2ccccc2)[C@H](C)C(=O)NCC(C)C)cc1. The van der Waals surface area contributed by atoms with E-state index in [1.807, 2.05) is 13.8 Å². The topological polar surface area (TPSA) is 105 Å². The lowest BCUT2D eigenvalue weighted by molar-refractivity contribution is -0.139. The molecule has 0 spiro atoms. The number of amides is 2. The molecule has 3 aromatic rings. The number of benzene rings is 3. The monoisotopic (exact) mass is 601 g/mol.